The lowest BCUT2D eigenvalue weighted by atomic mass is 10.0. The summed E-state index contributed by atoms with van der Waals surface area (Å²) in [5.74, 6) is -1.48. The standard InChI is InChI=1S/C14H12F2O2/c1-7-4-5-11(15)12(13(7)16)14(17)10-6-8(2)18-9(10)3/h4-6H,1-3H3. The first-order valence-electron chi connectivity index (χ1n) is 5.48. The van der Waals surface area contributed by atoms with Gasteiger partial charge in [0, 0.05) is 0 Å². The van der Waals surface area contributed by atoms with Crippen molar-refractivity contribution in [2.45, 2.75) is 20.8 Å². The summed E-state index contributed by atoms with van der Waals surface area (Å²) in [6.07, 6.45) is 0. The zero-order valence-corrected chi connectivity index (χ0v) is 10.3. The van der Waals surface area contributed by atoms with E-state index < -0.39 is 23.0 Å². The quantitative estimate of drug-likeness (QED) is 0.760. The molecule has 0 aliphatic carbocycles. The van der Waals surface area contributed by atoms with E-state index in [0.717, 1.165) is 6.07 Å². The Kier molecular flexibility index (Phi) is 3.03. The summed E-state index contributed by atoms with van der Waals surface area (Å²) in [5, 5.41) is 0. The molecule has 0 atom stereocenters. The monoisotopic (exact) mass is 250 g/mol. The first-order chi connectivity index (χ1) is 8.41. The molecule has 0 saturated carbocycles. The molecule has 4 heteroatoms. The second kappa shape index (κ2) is 4.37. The van der Waals surface area contributed by atoms with Crippen LogP contribution in [0.3, 0.4) is 0 Å². The van der Waals surface area contributed by atoms with Crippen LogP contribution in [0, 0.1) is 32.4 Å². The van der Waals surface area contributed by atoms with Crippen molar-refractivity contribution in [3.8, 4) is 0 Å². The Labute approximate surface area is 103 Å². The minimum atomic E-state index is -0.860. The van der Waals surface area contributed by atoms with E-state index in [0.29, 0.717) is 11.5 Å². The second-order valence-corrected chi connectivity index (χ2v) is 4.21. The minimum Gasteiger partial charge on any atom is -0.466 e. The molecule has 2 rings (SSSR count). The fourth-order valence-corrected chi connectivity index (χ4v) is 1.86. The summed E-state index contributed by atoms with van der Waals surface area (Å²) in [4.78, 5) is 12.1. The van der Waals surface area contributed by atoms with Crippen molar-refractivity contribution in [1.29, 1.82) is 0 Å². The number of hydrogen-bond donors (Lipinski definition) is 0. The fourth-order valence-electron chi connectivity index (χ4n) is 1.86. The molecule has 0 amide bonds. The van der Waals surface area contributed by atoms with Crippen LogP contribution >= 0.6 is 0 Å². The van der Waals surface area contributed by atoms with Crippen LogP contribution in [-0.4, -0.2) is 5.78 Å². The van der Waals surface area contributed by atoms with Gasteiger partial charge in [-0.3, -0.25) is 4.79 Å². The van der Waals surface area contributed by atoms with Gasteiger partial charge in [0.1, 0.15) is 23.2 Å². The molecule has 18 heavy (non-hydrogen) atoms. The zero-order valence-electron chi connectivity index (χ0n) is 10.3. The van der Waals surface area contributed by atoms with E-state index in [1.807, 2.05) is 0 Å². The summed E-state index contributed by atoms with van der Waals surface area (Å²) in [6, 6.07) is 3.88. The lowest BCUT2D eigenvalue weighted by Crippen LogP contribution is -2.09. The Hall–Kier alpha value is -1.97. The van der Waals surface area contributed by atoms with Gasteiger partial charge in [-0.1, -0.05) is 6.07 Å². The Morgan fingerprint density at radius 3 is 2.39 bits per heavy atom. The number of hydrogen-bond acceptors (Lipinski definition) is 2. The van der Waals surface area contributed by atoms with Crippen LogP contribution in [0.5, 0.6) is 0 Å². The summed E-state index contributed by atoms with van der Waals surface area (Å²) < 4.78 is 32.7. The Bertz CT molecular complexity index is 627. The molecule has 1 aromatic carbocycles. The van der Waals surface area contributed by atoms with Gasteiger partial charge in [0.05, 0.1) is 11.1 Å². The summed E-state index contributed by atoms with van der Waals surface area (Å²) in [5.41, 5.74) is -0.104. The third-order valence-electron chi connectivity index (χ3n) is 2.80. The molecule has 0 bridgehead atoms. The van der Waals surface area contributed by atoms with E-state index in [1.54, 1.807) is 13.8 Å². The molecule has 0 unspecified atom stereocenters. The third-order valence-corrected chi connectivity index (χ3v) is 2.80. The molecule has 0 aliphatic heterocycles. The SMILES string of the molecule is Cc1cc(C(=O)c2c(F)ccc(C)c2F)c(C)o1. The molecule has 0 radical (unpaired) electrons. The van der Waals surface area contributed by atoms with Crippen molar-refractivity contribution < 1.29 is 18.0 Å². The van der Waals surface area contributed by atoms with E-state index in [1.165, 1.54) is 19.1 Å². The van der Waals surface area contributed by atoms with Crippen LogP contribution in [0.1, 0.15) is 33.0 Å². The number of aryl methyl sites for hydroxylation is 3. The maximum atomic E-state index is 13.8. The van der Waals surface area contributed by atoms with Gasteiger partial charge in [0.25, 0.3) is 0 Å². The fraction of sp³-hybridized carbons (Fsp3) is 0.214. The molecule has 94 valence electrons. The van der Waals surface area contributed by atoms with Gasteiger partial charge in [-0.15, -0.1) is 0 Å². The average molecular weight is 250 g/mol. The number of carbonyl (C=O) groups is 1. The van der Waals surface area contributed by atoms with Crippen LogP contribution in [0.4, 0.5) is 8.78 Å². The first-order valence-corrected chi connectivity index (χ1v) is 5.48. The highest BCUT2D eigenvalue weighted by molar-refractivity contribution is 6.10. The topological polar surface area (TPSA) is 30.2 Å². The van der Waals surface area contributed by atoms with Gasteiger partial charge in [-0.2, -0.15) is 0 Å². The van der Waals surface area contributed by atoms with Gasteiger partial charge in [0.2, 0.25) is 5.78 Å². The van der Waals surface area contributed by atoms with Crippen molar-refractivity contribution in [2.75, 3.05) is 0 Å². The molecular weight excluding hydrogens is 238 g/mol. The first kappa shape index (κ1) is 12.5. The van der Waals surface area contributed by atoms with Crippen molar-refractivity contribution in [3.05, 3.63) is 58.0 Å². The number of ketones is 1. The molecular formula is C14H12F2O2. The highest BCUT2D eigenvalue weighted by Gasteiger charge is 2.23. The van der Waals surface area contributed by atoms with Gasteiger partial charge in [-0.25, -0.2) is 8.78 Å². The molecule has 2 aromatic rings. The smallest absolute Gasteiger partial charge is 0.202 e. The molecule has 0 N–H and O–H groups in total. The highest BCUT2D eigenvalue weighted by Crippen LogP contribution is 2.23. The number of halogens is 2. The summed E-state index contributed by atoms with van der Waals surface area (Å²) >= 11 is 0. The number of carbonyl (C=O) groups excluding carboxylic acids is 1. The minimum absolute atomic E-state index is 0.191. The van der Waals surface area contributed by atoms with Crippen LogP contribution in [-0.2, 0) is 0 Å². The van der Waals surface area contributed by atoms with Gasteiger partial charge >= 0.3 is 0 Å². The average Bonchev–Trinajstić information content (AvgIpc) is 2.63. The zero-order chi connectivity index (χ0) is 13.4. The Morgan fingerprint density at radius 1 is 1.17 bits per heavy atom. The predicted molar refractivity (Wildman–Crippen MR) is 62.7 cm³/mol. The van der Waals surface area contributed by atoms with E-state index in [9.17, 15) is 13.6 Å². The van der Waals surface area contributed by atoms with E-state index in [2.05, 4.69) is 0 Å². The molecule has 1 aromatic heterocycles. The molecule has 2 nitrogen and oxygen atoms in total. The molecule has 0 spiro atoms. The lowest BCUT2D eigenvalue weighted by Gasteiger charge is -2.05. The maximum absolute atomic E-state index is 13.8. The van der Waals surface area contributed by atoms with Crippen LogP contribution < -0.4 is 0 Å². The molecule has 0 aliphatic rings. The summed E-state index contributed by atoms with van der Waals surface area (Å²) in [6.45, 7) is 4.75. The van der Waals surface area contributed by atoms with Crippen molar-refractivity contribution in [1.82, 2.24) is 0 Å². The van der Waals surface area contributed by atoms with Gasteiger partial charge in [0.15, 0.2) is 0 Å². The van der Waals surface area contributed by atoms with E-state index in [4.69, 9.17) is 4.42 Å². The molecule has 1 heterocycles. The van der Waals surface area contributed by atoms with E-state index in [-0.39, 0.29) is 11.1 Å². The molecule has 0 fully saturated rings. The Morgan fingerprint density at radius 2 is 1.83 bits per heavy atom. The normalized spacial score (nSPS) is 10.7. The van der Waals surface area contributed by atoms with Crippen LogP contribution in [0.15, 0.2) is 22.6 Å². The van der Waals surface area contributed by atoms with E-state index >= 15 is 0 Å². The summed E-state index contributed by atoms with van der Waals surface area (Å²) in [7, 11) is 0. The number of benzene rings is 1. The highest BCUT2D eigenvalue weighted by atomic mass is 19.1. The number of rotatable bonds is 2. The predicted octanol–water partition coefficient (Wildman–Crippen LogP) is 3.71. The molecule has 0 saturated heterocycles. The van der Waals surface area contributed by atoms with Crippen molar-refractivity contribution >= 4 is 5.78 Å². The number of furan rings is 1. The van der Waals surface area contributed by atoms with Crippen LogP contribution in [0.2, 0.25) is 0 Å². The van der Waals surface area contributed by atoms with Crippen molar-refractivity contribution in [2.24, 2.45) is 0 Å². The van der Waals surface area contributed by atoms with Crippen LogP contribution in [0.25, 0.3) is 0 Å². The largest absolute Gasteiger partial charge is 0.466 e. The third kappa shape index (κ3) is 1.94. The maximum Gasteiger partial charge on any atom is 0.202 e. The second-order valence-electron chi connectivity index (χ2n) is 4.21. The van der Waals surface area contributed by atoms with Gasteiger partial charge < -0.3 is 4.42 Å². The lowest BCUT2D eigenvalue weighted by molar-refractivity contribution is 0.102. The van der Waals surface area contributed by atoms with Gasteiger partial charge in [-0.05, 0) is 38.5 Å². The van der Waals surface area contributed by atoms with Crippen molar-refractivity contribution in [3.63, 3.8) is 0 Å². The Balaban J connectivity index is 2.60.